The van der Waals surface area contributed by atoms with Crippen molar-refractivity contribution in [2.45, 2.75) is 76.8 Å². The van der Waals surface area contributed by atoms with Gasteiger partial charge in [0.2, 0.25) is 17.7 Å². The molecular weight excluding hydrogens is 862 g/mol. The van der Waals surface area contributed by atoms with Crippen molar-refractivity contribution in [1.82, 2.24) is 26.2 Å². The van der Waals surface area contributed by atoms with Crippen LogP contribution in [0, 0.1) is 11.3 Å². The van der Waals surface area contributed by atoms with Gasteiger partial charge in [0.1, 0.15) is 43.0 Å². The van der Waals surface area contributed by atoms with E-state index in [9.17, 15) is 24.3 Å². The molecule has 0 fully saturated rings. The summed E-state index contributed by atoms with van der Waals surface area (Å²) in [5.74, 6) is -1.39. The number of ether oxygens (including phenoxy) is 2. The van der Waals surface area contributed by atoms with Crippen molar-refractivity contribution in [2.75, 3.05) is 46.4 Å². The zero-order valence-corrected chi connectivity index (χ0v) is 38.8. The van der Waals surface area contributed by atoms with Crippen molar-refractivity contribution >= 4 is 40.9 Å². The molecule has 0 saturated heterocycles. The highest BCUT2D eigenvalue weighted by Gasteiger charge is 2.36. The summed E-state index contributed by atoms with van der Waals surface area (Å²) in [6.07, 6.45) is -0.0115. The molecule has 1 aliphatic rings. The molecular formula is C49H64ClN9O7. The number of halogens is 1. The lowest BCUT2D eigenvalue weighted by molar-refractivity contribution is -0.141. The molecule has 0 aromatic heterocycles. The van der Waals surface area contributed by atoms with E-state index >= 15 is 0 Å². The van der Waals surface area contributed by atoms with Gasteiger partial charge in [-0.05, 0) is 116 Å². The number of nitrogens with one attached hydrogen (secondary N) is 5. The van der Waals surface area contributed by atoms with Gasteiger partial charge in [0.05, 0.1) is 18.6 Å². The van der Waals surface area contributed by atoms with Crippen LogP contribution in [0.15, 0.2) is 84.9 Å². The van der Waals surface area contributed by atoms with Gasteiger partial charge in [-0.25, -0.2) is 0 Å². The number of unbranched alkanes of at least 4 members (excludes halogenated alkanes) is 1. The van der Waals surface area contributed by atoms with E-state index in [0.717, 1.165) is 11.1 Å². The quantitative estimate of drug-likeness (QED) is 0.0481. The van der Waals surface area contributed by atoms with E-state index < -0.39 is 54.0 Å². The number of likely N-dealkylation sites (N-methyl/N-ethyl adjacent to an activating group) is 1. The topological polar surface area (TPSA) is 260 Å². The zero-order valence-electron chi connectivity index (χ0n) is 38.1. The molecule has 354 valence electrons. The number of carbonyl (C=O) groups excluding carboxylic acids is 4. The van der Waals surface area contributed by atoms with Crippen LogP contribution in [0.1, 0.15) is 67.6 Å². The van der Waals surface area contributed by atoms with Gasteiger partial charge < -0.3 is 58.0 Å². The van der Waals surface area contributed by atoms with Gasteiger partial charge in [-0.1, -0.05) is 61.8 Å². The summed E-state index contributed by atoms with van der Waals surface area (Å²) < 4.78 is 12.3. The number of hydrogen-bond donors (Lipinski definition) is 9. The van der Waals surface area contributed by atoms with Gasteiger partial charge in [0.25, 0.3) is 5.91 Å². The summed E-state index contributed by atoms with van der Waals surface area (Å²) >= 11 is 6.08. The fourth-order valence-electron chi connectivity index (χ4n) is 7.51. The third-order valence-electron chi connectivity index (χ3n) is 11.4. The molecule has 1 heterocycles. The predicted octanol–water partition coefficient (Wildman–Crippen LogP) is 3.91. The number of rotatable bonds is 19. The minimum atomic E-state index is -1.44. The molecule has 1 aliphatic heterocycles. The molecule has 66 heavy (non-hydrogen) atoms. The second-order valence-corrected chi connectivity index (χ2v) is 17.1. The maximum atomic E-state index is 14.8. The van der Waals surface area contributed by atoms with Crippen molar-refractivity contribution in [1.29, 1.82) is 5.41 Å². The molecule has 5 rings (SSSR count). The van der Waals surface area contributed by atoms with E-state index in [1.165, 1.54) is 11.9 Å². The van der Waals surface area contributed by atoms with Crippen LogP contribution in [0.25, 0.3) is 22.3 Å². The average molecular weight is 927 g/mol. The monoisotopic (exact) mass is 925 g/mol. The Balaban J connectivity index is 1.57. The molecule has 17 heteroatoms. The maximum Gasteiger partial charge on any atom is 0.251 e. The Hall–Kier alpha value is -5.88. The minimum absolute atomic E-state index is 0.00906. The highest BCUT2D eigenvalue weighted by Crippen LogP contribution is 2.40. The number of nitrogens with zero attached hydrogens (tertiary/aromatic N) is 1. The van der Waals surface area contributed by atoms with Crippen molar-refractivity contribution in [3.8, 4) is 33.8 Å². The number of amides is 4. The van der Waals surface area contributed by atoms with Crippen molar-refractivity contribution < 1.29 is 33.8 Å². The number of aliphatic hydroxyl groups is 1. The second-order valence-electron chi connectivity index (χ2n) is 16.7. The summed E-state index contributed by atoms with van der Waals surface area (Å²) in [5, 5.41) is 32.1. The summed E-state index contributed by atoms with van der Waals surface area (Å²) in [4.78, 5) is 58.5. The molecule has 0 spiro atoms. The average Bonchev–Trinajstić information content (AvgIpc) is 3.31. The largest absolute Gasteiger partial charge is 0.492 e. The Labute approximate surface area is 391 Å². The smallest absolute Gasteiger partial charge is 0.251 e. The second kappa shape index (κ2) is 24.6. The van der Waals surface area contributed by atoms with Crippen LogP contribution in [-0.2, 0) is 20.8 Å². The van der Waals surface area contributed by atoms with Crippen LogP contribution in [0.2, 0.25) is 5.02 Å². The Morgan fingerprint density at radius 2 is 1.48 bits per heavy atom. The molecule has 0 aliphatic carbocycles. The van der Waals surface area contributed by atoms with E-state index in [0.29, 0.717) is 69.4 Å². The van der Waals surface area contributed by atoms with Gasteiger partial charge in [-0.15, -0.1) is 0 Å². The Morgan fingerprint density at radius 1 is 0.879 bits per heavy atom. The fraction of sp³-hybridized carbons (Fsp3) is 0.408. The van der Waals surface area contributed by atoms with E-state index in [4.69, 9.17) is 43.7 Å². The molecule has 0 radical (unpaired) electrons. The molecule has 4 aromatic carbocycles. The lowest BCUT2D eigenvalue weighted by atomic mass is 9.93. The molecule has 0 saturated carbocycles. The van der Waals surface area contributed by atoms with Crippen LogP contribution in [0.4, 0.5) is 0 Å². The maximum absolute atomic E-state index is 14.8. The molecule has 16 nitrogen and oxygen atoms in total. The number of hydrogen-bond acceptors (Lipinski definition) is 12. The van der Waals surface area contributed by atoms with E-state index in [-0.39, 0.29) is 51.6 Å². The van der Waals surface area contributed by atoms with Gasteiger partial charge in [-0.3, -0.25) is 24.5 Å². The summed E-state index contributed by atoms with van der Waals surface area (Å²) in [6.45, 7) is 6.45. The lowest BCUT2D eigenvalue weighted by Crippen LogP contribution is -2.58. The van der Waals surface area contributed by atoms with Crippen LogP contribution < -0.4 is 47.9 Å². The van der Waals surface area contributed by atoms with Gasteiger partial charge in [-0.2, -0.15) is 0 Å². The third-order valence-corrected chi connectivity index (χ3v) is 11.6. The predicted molar refractivity (Wildman–Crippen MR) is 257 cm³/mol. The molecule has 12 N–H and O–H groups in total. The Morgan fingerprint density at radius 3 is 2.09 bits per heavy atom. The Kier molecular flexibility index (Phi) is 19.0. The third kappa shape index (κ3) is 13.6. The van der Waals surface area contributed by atoms with Crippen LogP contribution in [-0.4, -0.2) is 110 Å². The van der Waals surface area contributed by atoms with Crippen LogP contribution >= 0.6 is 11.6 Å². The van der Waals surface area contributed by atoms with Crippen molar-refractivity contribution in [2.24, 2.45) is 23.1 Å². The first kappa shape index (κ1) is 51.1. The molecule has 5 atom stereocenters. The number of fused-ring (bicyclic) bond motifs is 5. The van der Waals surface area contributed by atoms with Gasteiger partial charge >= 0.3 is 0 Å². The number of nitrogens with two attached hydrogens (primary N) is 3. The molecule has 4 bridgehead atoms. The van der Waals surface area contributed by atoms with E-state index in [2.05, 4.69) is 21.3 Å². The normalized spacial score (nSPS) is 17.8. The Bertz CT molecular complexity index is 2290. The number of benzene rings is 4. The number of carbonyl (C=O) groups is 4. The lowest BCUT2D eigenvalue weighted by Gasteiger charge is -2.34. The zero-order chi connectivity index (χ0) is 47.9. The highest BCUT2D eigenvalue weighted by molar-refractivity contribution is 6.30. The van der Waals surface area contributed by atoms with Gasteiger partial charge in [0.15, 0.2) is 0 Å². The standard InChI is InChI=1S/C49H64ClN9O7/c1-29(2)39(54)28-55-47(62)41-26-31-8-18-42(65-23-21-52)37(25-31)38-27-35(15-19-43(38)66-24-22-53)44(48(63)56-30(3)45(60)58-41)59(4)49(64)40(7-5-6-20-51)57-46(61)34-11-9-32(10-12-34)33-13-16-36(50)17-14-33/h8-19,25,27,29-30,40-41,44-45,54,58,60H,5-7,20-24,26,28,51-53H2,1-4H3,(H,55,62)(H,56,63)(H,57,61). The fourth-order valence-corrected chi connectivity index (χ4v) is 7.64. The van der Waals surface area contributed by atoms with Crippen LogP contribution in [0.3, 0.4) is 0 Å². The molecule has 4 amide bonds. The summed E-state index contributed by atoms with van der Waals surface area (Å²) in [6, 6.07) is 20.5. The molecule has 4 aromatic rings. The first-order valence-corrected chi connectivity index (χ1v) is 22.7. The van der Waals surface area contributed by atoms with E-state index in [1.807, 2.05) is 50.2 Å². The summed E-state index contributed by atoms with van der Waals surface area (Å²) in [7, 11) is 1.49. The first-order valence-electron chi connectivity index (χ1n) is 22.3. The van der Waals surface area contributed by atoms with Crippen molar-refractivity contribution in [3.63, 3.8) is 0 Å². The highest BCUT2D eigenvalue weighted by atomic mass is 35.5. The summed E-state index contributed by atoms with van der Waals surface area (Å²) in [5.41, 5.74) is 22.2. The van der Waals surface area contributed by atoms with E-state index in [1.54, 1.807) is 55.5 Å². The minimum Gasteiger partial charge on any atom is -0.492 e. The first-order chi connectivity index (χ1) is 31.6. The van der Waals surface area contributed by atoms with Gasteiger partial charge in [0, 0.05) is 47.6 Å². The van der Waals surface area contributed by atoms with Crippen molar-refractivity contribution in [3.05, 3.63) is 107 Å². The van der Waals surface area contributed by atoms with Crippen LogP contribution in [0.5, 0.6) is 11.5 Å². The number of aliphatic hydroxyl groups excluding tert-OH is 1. The molecule has 5 unspecified atom stereocenters. The SMILES string of the molecule is CC(C)C(=N)CNC(=O)C1Cc2ccc(OCCN)c(c2)-c2cc(ccc2OCCN)C(N(C)C(=O)C(CCCCN)NC(=O)c2ccc(-c3ccc(Cl)cc3)cc2)C(=O)NC(C)C(O)N1.